The molecule has 3 heteroatoms. The first-order chi connectivity index (χ1) is 11.8. The van der Waals surface area contributed by atoms with Gasteiger partial charge in [-0.3, -0.25) is 0 Å². The van der Waals surface area contributed by atoms with E-state index in [9.17, 15) is 0 Å². The summed E-state index contributed by atoms with van der Waals surface area (Å²) in [6.45, 7) is 3.32. The Morgan fingerprint density at radius 2 is 1.12 bits per heavy atom. The molecule has 24 heavy (non-hydrogen) atoms. The molecule has 0 rings (SSSR count). The molecule has 0 bridgehead atoms. The van der Waals surface area contributed by atoms with Crippen molar-refractivity contribution in [2.75, 3.05) is 18.6 Å². The minimum Gasteiger partial charge on any atom is -0.379 e. The third-order valence-corrected chi connectivity index (χ3v) is 5.60. The van der Waals surface area contributed by atoms with Crippen molar-refractivity contribution < 1.29 is 0 Å². The third kappa shape index (κ3) is 20.3. The van der Waals surface area contributed by atoms with Gasteiger partial charge in [0.15, 0.2) is 0 Å². The minimum atomic E-state index is 1.03. The van der Waals surface area contributed by atoms with Gasteiger partial charge >= 0.3 is 0 Å². The first-order valence-corrected chi connectivity index (χ1v) is 12.4. The monoisotopic (exact) mass is 373 g/mol. The molecule has 0 spiro atoms. The van der Waals surface area contributed by atoms with Gasteiger partial charge in [-0.05, 0) is 19.1 Å². The smallest absolute Gasteiger partial charge is 0.0753 e. The maximum absolute atomic E-state index is 5.35. The van der Waals surface area contributed by atoms with Gasteiger partial charge in [-0.15, -0.1) is 0 Å². The van der Waals surface area contributed by atoms with Crippen LogP contribution in [0.2, 0.25) is 0 Å². The number of rotatable bonds is 19. The van der Waals surface area contributed by atoms with Gasteiger partial charge < -0.3 is 5.32 Å². The molecule has 0 aliphatic heterocycles. The normalized spacial score (nSPS) is 10.9. The zero-order valence-corrected chi connectivity index (χ0v) is 18.2. The Morgan fingerprint density at radius 3 is 1.54 bits per heavy atom. The van der Waals surface area contributed by atoms with Crippen LogP contribution in [0.4, 0.5) is 0 Å². The summed E-state index contributed by atoms with van der Waals surface area (Å²) in [5, 5.41) is 3.34. The van der Waals surface area contributed by atoms with Gasteiger partial charge in [0.2, 0.25) is 0 Å². The summed E-state index contributed by atoms with van der Waals surface area (Å²) < 4.78 is 0. The first kappa shape index (κ1) is 24.2. The predicted molar refractivity (Wildman–Crippen MR) is 119 cm³/mol. The van der Waals surface area contributed by atoms with E-state index in [1.165, 1.54) is 96.3 Å². The van der Waals surface area contributed by atoms with Gasteiger partial charge in [0.1, 0.15) is 0 Å². The van der Waals surface area contributed by atoms with Crippen molar-refractivity contribution in [3.8, 4) is 0 Å². The van der Waals surface area contributed by atoms with Crippen molar-refractivity contribution in [1.29, 1.82) is 0 Å². The summed E-state index contributed by atoms with van der Waals surface area (Å²) in [6, 6.07) is 0. The molecule has 1 nitrogen and oxygen atoms in total. The number of thioether (sulfide) groups is 1. The van der Waals surface area contributed by atoms with Crippen LogP contribution in [-0.4, -0.2) is 23.5 Å². The fraction of sp³-hybridized carbons (Fsp3) is 0.952. The van der Waals surface area contributed by atoms with E-state index in [4.69, 9.17) is 12.2 Å². The van der Waals surface area contributed by atoms with E-state index >= 15 is 0 Å². The average molecular weight is 374 g/mol. The molecule has 0 aliphatic rings. The second kappa shape index (κ2) is 21.3. The standard InChI is InChI=1S/C21H43NS2/c1-3-4-5-6-7-8-9-10-11-12-13-14-15-16-17-18-21(23)22-19-20-24-2/h3-20H2,1-2H3,(H,22,23). The Morgan fingerprint density at radius 1 is 0.708 bits per heavy atom. The highest BCUT2D eigenvalue weighted by molar-refractivity contribution is 7.98. The number of hydrogen-bond acceptors (Lipinski definition) is 2. The van der Waals surface area contributed by atoms with Gasteiger partial charge in [-0.25, -0.2) is 0 Å². The highest BCUT2D eigenvalue weighted by Gasteiger charge is 1.97. The molecule has 1 N–H and O–H groups in total. The molecule has 0 atom stereocenters. The molecular weight excluding hydrogens is 330 g/mol. The van der Waals surface area contributed by atoms with E-state index in [2.05, 4.69) is 18.5 Å². The molecule has 0 radical (unpaired) electrons. The Kier molecular flexibility index (Phi) is 21.5. The largest absolute Gasteiger partial charge is 0.379 e. The van der Waals surface area contributed by atoms with E-state index < -0.39 is 0 Å². The fourth-order valence-electron chi connectivity index (χ4n) is 3.04. The summed E-state index contributed by atoms with van der Waals surface area (Å²) in [7, 11) is 0. The van der Waals surface area contributed by atoms with Gasteiger partial charge in [0.05, 0.1) is 4.99 Å². The van der Waals surface area contributed by atoms with Crippen molar-refractivity contribution in [3.63, 3.8) is 0 Å². The van der Waals surface area contributed by atoms with E-state index in [1.807, 2.05) is 11.8 Å². The highest BCUT2D eigenvalue weighted by atomic mass is 32.2. The molecular formula is C21H43NS2. The maximum atomic E-state index is 5.35. The summed E-state index contributed by atoms with van der Waals surface area (Å²) in [6.07, 6.45) is 24.6. The molecule has 0 fully saturated rings. The first-order valence-electron chi connectivity index (χ1n) is 10.6. The van der Waals surface area contributed by atoms with E-state index in [-0.39, 0.29) is 0 Å². The summed E-state index contributed by atoms with van der Waals surface area (Å²) in [4.78, 5) is 1.07. The lowest BCUT2D eigenvalue weighted by Crippen LogP contribution is -2.23. The van der Waals surface area contributed by atoms with Crippen molar-refractivity contribution in [3.05, 3.63) is 0 Å². The van der Waals surface area contributed by atoms with Crippen LogP contribution in [0.25, 0.3) is 0 Å². The zero-order valence-electron chi connectivity index (χ0n) is 16.5. The van der Waals surface area contributed by atoms with Gasteiger partial charge in [0, 0.05) is 12.3 Å². The quantitative estimate of drug-likeness (QED) is 0.186. The molecule has 0 saturated heterocycles. The van der Waals surface area contributed by atoms with Crippen molar-refractivity contribution >= 4 is 29.0 Å². The fourth-order valence-corrected chi connectivity index (χ4v) is 3.59. The molecule has 0 aliphatic carbocycles. The third-order valence-electron chi connectivity index (χ3n) is 4.64. The van der Waals surface area contributed by atoms with Gasteiger partial charge in [-0.2, -0.15) is 11.8 Å². The molecule has 144 valence electrons. The van der Waals surface area contributed by atoms with Crippen LogP contribution < -0.4 is 5.32 Å². The van der Waals surface area contributed by atoms with Crippen LogP contribution in [0.5, 0.6) is 0 Å². The number of unbranched alkanes of at least 4 members (excludes halogenated alkanes) is 14. The highest BCUT2D eigenvalue weighted by Crippen LogP contribution is 2.13. The van der Waals surface area contributed by atoms with Crippen LogP contribution in [-0.2, 0) is 0 Å². The predicted octanol–water partition coefficient (Wildman–Crippen LogP) is 7.53. The molecule has 0 unspecified atom stereocenters. The van der Waals surface area contributed by atoms with E-state index in [1.54, 1.807) is 0 Å². The Hall–Kier alpha value is 0.240. The molecule has 0 heterocycles. The van der Waals surface area contributed by atoms with Crippen molar-refractivity contribution in [2.24, 2.45) is 0 Å². The maximum Gasteiger partial charge on any atom is 0.0753 e. The van der Waals surface area contributed by atoms with E-state index in [0.29, 0.717) is 0 Å². The molecule has 0 saturated carbocycles. The minimum absolute atomic E-state index is 1.03. The lowest BCUT2D eigenvalue weighted by Gasteiger charge is -2.07. The second-order valence-electron chi connectivity index (χ2n) is 7.04. The van der Waals surface area contributed by atoms with Crippen LogP contribution in [0, 0.1) is 0 Å². The number of nitrogens with one attached hydrogen (secondary N) is 1. The van der Waals surface area contributed by atoms with Crippen LogP contribution >= 0.6 is 24.0 Å². The van der Waals surface area contributed by atoms with Gasteiger partial charge in [-0.1, -0.05) is 109 Å². The van der Waals surface area contributed by atoms with Crippen LogP contribution in [0.15, 0.2) is 0 Å². The van der Waals surface area contributed by atoms with Crippen LogP contribution in [0.1, 0.15) is 110 Å². The Bertz CT molecular complexity index is 256. The molecule has 0 aromatic rings. The summed E-state index contributed by atoms with van der Waals surface area (Å²) in [5.74, 6) is 1.15. The second-order valence-corrected chi connectivity index (χ2v) is 8.52. The lowest BCUT2D eigenvalue weighted by molar-refractivity contribution is 0.533. The van der Waals surface area contributed by atoms with E-state index in [0.717, 1.165) is 23.7 Å². The van der Waals surface area contributed by atoms with Gasteiger partial charge in [0.25, 0.3) is 0 Å². The molecule has 0 aromatic heterocycles. The Labute approximate surface area is 162 Å². The topological polar surface area (TPSA) is 12.0 Å². The Balaban J connectivity index is 3.06. The van der Waals surface area contributed by atoms with Crippen LogP contribution in [0.3, 0.4) is 0 Å². The SMILES string of the molecule is CCCCCCCCCCCCCCCCCC(=S)NCCSC. The average Bonchev–Trinajstić information content (AvgIpc) is 2.58. The number of thiocarbonyl (C=S) groups is 1. The molecule has 0 aromatic carbocycles. The summed E-state index contributed by atoms with van der Waals surface area (Å²) >= 11 is 7.22. The lowest BCUT2D eigenvalue weighted by atomic mass is 10.0. The summed E-state index contributed by atoms with van der Waals surface area (Å²) in [5.41, 5.74) is 0. The van der Waals surface area contributed by atoms with Crippen molar-refractivity contribution in [2.45, 2.75) is 110 Å². The molecule has 0 amide bonds. The van der Waals surface area contributed by atoms with Crippen molar-refractivity contribution in [1.82, 2.24) is 5.32 Å². The number of hydrogen-bond donors (Lipinski definition) is 1. The zero-order chi connectivity index (χ0) is 17.7.